The minimum absolute atomic E-state index is 0.282. The predicted octanol–water partition coefficient (Wildman–Crippen LogP) is 3.78. The van der Waals surface area contributed by atoms with E-state index >= 15 is 0 Å². The molecular weight excluding hydrogens is 232 g/mol. The molecule has 3 aliphatic rings. The molecule has 0 aromatic heterocycles. The molecule has 0 amide bonds. The molecule has 3 aliphatic carbocycles. The fraction of sp³-hybridized carbons (Fsp3) is 0.778. The summed E-state index contributed by atoms with van der Waals surface area (Å²) in [6.07, 6.45) is 13.0. The molecule has 2 saturated carbocycles. The molecule has 104 valence electrons. The summed E-state index contributed by atoms with van der Waals surface area (Å²) in [6.45, 7) is 7.03. The van der Waals surface area contributed by atoms with E-state index in [9.17, 15) is 5.11 Å². The van der Waals surface area contributed by atoms with E-state index in [4.69, 9.17) is 6.42 Å². The number of hydrogen-bond acceptors (Lipinski definition) is 1. The maximum absolute atomic E-state index is 11.2. The average Bonchev–Trinajstić information content (AvgIpc) is 2.68. The Labute approximate surface area is 117 Å². The second kappa shape index (κ2) is 4.13. The zero-order valence-electron chi connectivity index (χ0n) is 12.4. The van der Waals surface area contributed by atoms with Crippen LogP contribution in [0.1, 0.15) is 52.9 Å². The molecule has 0 aliphatic heterocycles. The van der Waals surface area contributed by atoms with Crippen molar-refractivity contribution in [1.82, 2.24) is 0 Å². The van der Waals surface area contributed by atoms with Crippen molar-refractivity contribution in [2.24, 2.45) is 29.1 Å². The molecule has 0 aromatic carbocycles. The van der Waals surface area contributed by atoms with E-state index in [-0.39, 0.29) is 5.92 Å². The zero-order chi connectivity index (χ0) is 13.8. The summed E-state index contributed by atoms with van der Waals surface area (Å²) in [5.74, 6) is 5.10. The molecule has 3 rings (SSSR count). The third kappa shape index (κ3) is 1.80. The van der Waals surface area contributed by atoms with Gasteiger partial charge in [-0.2, -0.15) is 0 Å². The van der Waals surface area contributed by atoms with Gasteiger partial charge in [-0.25, -0.2) is 0 Å². The van der Waals surface area contributed by atoms with Crippen molar-refractivity contribution in [2.75, 3.05) is 0 Å². The number of hydrogen-bond donors (Lipinski definition) is 1. The van der Waals surface area contributed by atoms with Gasteiger partial charge in [0.25, 0.3) is 0 Å². The van der Waals surface area contributed by atoms with Gasteiger partial charge < -0.3 is 5.11 Å². The summed E-state index contributed by atoms with van der Waals surface area (Å²) in [5, 5.41) is 11.2. The SMILES string of the molecule is C#CC[C@@H]1CCC[C@@]1(O)C1=C[C@@H]2[C@H](C[C@H]1C)C2(C)C. The molecule has 2 fully saturated rings. The molecule has 5 atom stereocenters. The highest BCUT2D eigenvalue weighted by Crippen LogP contribution is 2.66. The van der Waals surface area contributed by atoms with Gasteiger partial charge in [-0.05, 0) is 54.4 Å². The van der Waals surface area contributed by atoms with Gasteiger partial charge in [-0.15, -0.1) is 12.3 Å². The molecule has 0 radical (unpaired) electrons. The normalized spacial score (nSPS) is 47.2. The second-order valence-electron chi connectivity index (χ2n) is 7.63. The van der Waals surface area contributed by atoms with Crippen LogP contribution in [0.3, 0.4) is 0 Å². The van der Waals surface area contributed by atoms with Crippen LogP contribution in [0.4, 0.5) is 0 Å². The van der Waals surface area contributed by atoms with Crippen LogP contribution in [0.15, 0.2) is 11.6 Å². The fourth-order valence-electron chi connectivity index (χ4n) is 4.86. The minimum atomic E-state index is -0.602. The van der Waals surface area contributed by atoms with Gasteiger partial charge in [-0.1, -0.05) is 26.8 Å². The summed E-state index contributed by atoms with van der Waals surface area (Å²) >= 11 is 0. The van der Waals surface area contributed by atoms with Gasteiger partial charge in [0, 0.05) is 12.3 Å². The van der Waals surface area contributed by atoms with E-state index in [0.717, 1.165) is 31.6 Å². The first-order chi connectivity index (χ1) is 8.91. The van der Waals surface area contributed by atoms with E-state index < -0.39 is 5.60 Å². The Bertz CT molecular complexity index is 453. The quantitative estimate of drug-likeness (QED) is 0.590. The van der Waals surface area contributed by atoms with Gasteiger partial charge in [0.15, 0.2) is 0 Å². The molecule has 0 unspecified atom stereocenters. The Hall–Kier alpha value is -0.740. The summed E-state index contributed by atoms with van der Waals surface area (Å²) in [5.41, 5.74) is 1.17. The van der Waals surface area contributed by atoms with Gasteiger partial charge in [0.2, 0.25) is 0 Å². The van der Waals surface area contributed by atoms with Crippen LogP contribution in [0.25, 0.3) is 0 Å². The van der Waals surface area contributed by atoms with Crippen molar-refractivity contribution < 1.29 is 5.11 Å². The third-order valence-corrected chi connectivity index (χ3v) is 6.29. The van der Waals surface area contributed by atoms with Crippen molar-refractivity contribution in [1.29, 1.82) is 0 Å². The Kier molecular flexibility index (Phi) is 2.88. The molecule has 0 spiro atoms. The Morgan fingerprint density at radius 1 is 1.47 bits per heavy atom. The molecule has 1 heteroatoms. The molecule has 19 heavy (non-hydrogen) atoms. The molecule has 0 aromatic rings. The maximum atomic E-state index is 11.2. The van der Waals surface area contributed by atoms with Crippen LogP contribution in [-0.4, -0.2) is 10.7 Å². The predicted molar refractivity (Wildman–Crippen MR) is 78.4 cm³/mol. The minimum Gasteiger partial charge on any atom is -0.385 e. The summed E-state index contributed by atoms with van der Waals surface area (Å²) < 4.78 is 0. The molecule has 0 heterocycles. The Balaban J connectivity index is 1.91. The fourth-order valence-corrected chi connectivity index (χ4v) is 4.86. The smallest absolute Gasteiger partial charge is 0.0896 e. The lowest BCUT2D eigenvalue weighted by Gasteiger charge is -2.37. The highest BCUT2D eigenvalue weighted by Gasteiger charge is 2.60. The van der Waals surface area contributed by atoms with Crippen LogP contribution in [-0.2, 0) is 0 Å². The topological polar surface area (TPSA) is 20.2 Å². The van der Waals surface area contributed by atoms with Crippen LogP contribution in [0.2, 0.25) is 0 Å². The van der Waals surface area contributed by atoms with Gasteiger partial charge in [0.05, 0.1) is 5.60 Å². The molecular formula is C18H26O. The lowest BCUT2D eigenvalue weighted by molar-refractivity contribution is 0.0292. The van der Waals surface area contributed by atoms with Gasteiger partial charge >= 0.3 is 0 Å². The highest BCUT2D eigenvalue weighted by molar-refractivity contribution is 5.33. The molecule has 1 N–H and O–H groups in total. The molecule has 0 saturated heterocycles. The first-order valence-corrected chi connectivity index (χ1v) is 7.79. The van der Waals surface area contributed by atoms with E-state index in [0.29, 0.717) is 17.3 Å². The Morgan fingerprint density at radius 3 is 2.89 bits per heavy atom. The highest BCUT2D eigenvalue weighted by atomic mass is 16.3. The van der Waals surface area contributed by atoms with E-state index in [2.05, 4.69) is 32.8 Å². The Morgan fingerprint density at radius 2 is 2.21 bits per heavy atom. The number of fused-ring (bicyclic) bond motifs is 1. The number of rotatable bonds is 2. The second-order valence-corrected chi connectivity index (χ2v) is 7.63. The van der Waals surface area contributed by atoms with Crippen molar-refractivity contribution >= 4 is 0 Å². The molecule has 1 nitrogen and oxygen atoms in total. The number of aliphatic hydroxyl groups is 1. The summed E-state index contributed by atoms with van der Waals surface area (Å²) in [7, 11) is 0. The summed E-state index contributed by atoms with van der Waals surface area (Å²) in [4.78, 5) is 0. The van der Waals surface area contributed by atoms with E-state index in [1.54, 1.807) is 0 Å². The van der Waals surface area contributed by atoms with Crippen molar-refractivity contribution in [3.63, 3.8) is 0 Å². The van der Waals surface area contributed by atoms with Crippen molar-refractivity contribution in [3.05, 3.63) is 11.6 Å². The first kappa shape index (κ1) is 13.3. The maximum Gasteiger partial charge on any atom is 0.0896 e. The van der Waals surface area contributed by atoms with Crippen molar-refractivity contribution in [3.8, 4) is 12.3 Å². The summed E-state index contributed by atoms with van der Waals surface area (Å²) in [6, 6.07) is 0. The van der Waals surface area contributed by atoms with Gasteiger partial charge in [0.1, 0.15) is 0 Å². The lowest BCUT2D eigenvalue weighted by Crippen LogP contribution is -2.38. The van der Waals surface area contributed by atoms with Crippen molar-refractivity contribution in [2.45, 2.75) is 58.5 Å². The van der Waals surface area contributed by atoms with Crippen LogP contribution < -0.4 is 0 Å². The standard InChI is InChI=1S/C18H26O/c1-5-7-13-8-6-9-18(13,19)14-11-16-15(10-12(14)2)17(16,3)4/h1,11-13,15-16,19H,6-10H2,2-4H3/t12-,13-,15+,16-,18+/m1/s1. The molecule has 0 bridgehead atoms. The lowest BCUT2D eigenvalue weighted by atomic mass is 9.73. The van der Waals surface area contributed by atoms with E-state index in [1.807, 2.05) is 0 Å². The van der Waals surface area contributed by atoms with Crippen LogP contribution >= 0.6 is 0 Å². The average molecular weight is 258 g/mol. The van der Waals surface area contributed by atoms with Crippen LogP contribution in [0, 0.1) is 41.4 Å². The van der Waals surface area contributed by atoms with Crippen LogP contribution in [0.5, 0.6) is 0 Å². The first-order valence-electron chi connectivity index (χ1n) is 7.79. The van der Waals surface area contributed by atoms with E-state index in [1.165, 1.54) is 12.0 Å². The number of terminal acetylenes is 1. The number of allylic oxidation sites excluding steroid dienone is 1. The van der Waals surface area contributed by atoms with Gasteiger partial charge in [-0.3, -0.25) is 0 Å². The zero-order valence-corrected chi connectivity index (χ0v) is 12.4. The largest absolute Gasteiger partial charge is 0.385 e. The monoisotopic (exact) mass is 258 g/mol. The third-order valence-electron chi connectivity index (χ3n) is 6.29.